The molecule has 0 aliphatic heterocycles. The van der Waals surface area contributed by atoms with Crippen LogP contribution >= 0.6 is 69.8 Å². The highest BCUT2D eigenvalue weighted by atomic mass is 35.5. The summed E-state index contributed by atoms with van der Waals surface area (Å²) < 4.78 is 35.4. The van der Waals surface area contributed by atoms with Crippen LogP contribution in [0.2, 0.25) is 15.1 Å². The Morgan fingerprint density at radius 2 is 1.72 bits per heavy atom. The van der Waals surface area contributed by atoms with Gasteiger partial charge in [-0.1, -0.05) is 34.8 Å². The third-order valence-electron chi connectivity index (χ3n) is 5.33. The highest BCUT2D eigenvalue weighted by molar-refractivity contribution is 7.99. The maximum absolute atomic E-state index is 12.9. The van der Waals surface area contributed by atoms with Crippen molar-refractivity contribution < 1.29 is 22.8 Å². The molecule has 1 fully saturated rings. The third-order valence-corrected chi connectivity index (χ3v) is 8.27. The van der Waals surface area contributed by atoms with Crippen molar-refractivity contribution in [2.45, 2.75) is 35.8 Å². The van der Waals surface area contributed by atoms with E-state index in [1.807, 2.05) is 0 Å². The summed E-state index contributed by atoms with van der Waals surface area (Å²) in [6.45, 7) is 1.67. The van der Waals surface area contributed by atoms with E-state index in [4.69, 9.17) is 58.0 Å². The zero-order chi connectivity index (χ0) is 26.8. The maximum atomic E-state index is 12.9. The van der Waals surface area contributed by atoms with Gasteiger partial charge in [0.05, 0.1) is 22.9 Å². The van der Waals surface area contributed by atoms with Crippen LogP contribution in [-0.2, 0) is 4.79 Å². The first-order chi connectivity index (χ1) is 16.7. The number of hydrogen-bond acceptors (Lipinski definition) is 3. The average molecular weight is 623 g/mol. The van der Waals surface area contributed by atoms with E-state index in [9.17, 15) is 22.8 Å². The van der Waals surface area contributed by atoms with E-state index in [0.29, 0.717) is 27.0 Å². The van der Waals surface area contributed by atoms with Gasteiger partial charge in [-0.2, -0.15) is 24.9 Å². The Morgan fingerprint density at radius 3 is 2.33 bits per heavy atom. The Bertz CT molecular complexity index is 1130. The standard InChI is InChI=1S/C23H20Cl5F3N2O2S/c1-11(10-36-5-4-22(29,30)31)32-20(34)16-9-15(2-3-17(16)26)33-21(35)19-18(23(19,27)28)12-6-13(24)8-14(25)7-12/h2-3,6-9,11,18-19H,4-5,10H2,1H3,(H,32,34)(H,33,35). The molecule has 3 unspecified atom stereocenters. The Kier molecular flexibility index (Phi) is 9.67. The van der Waals surface area contributed by atoms with E-state index >= 15 is 0 Å². The first-order valence-electron chi connectivity index (χ1n) is 10.6. The fourth-order valence-electron chi connectivity index (χ4n) is 3.61. The van der Waals surface area contributed by atoms with Crippen molar-refractivity contribution >= 4 is 87.3 Å². The maximum Gasteiger partial charge on any atom is 0.389 e. The predicted octanol–water partition coefficient (Wildman–Crippen LogP) is 7.98. The molecule has 3 atom stereocenters. The smallest absolute Gasteiger partial charge is 0.349 e. The van der Waals surface area contributed by atoms with Crippen molar-refractivity contribution in [3.8, 4) is 0 Å². The van der Waals surface area contributed by atoms with Gasteiger partial charge in [0.2, 0.25) is 5.91 Å². The Labute approximate surface area is 235 Å². The zero-order valence-electron chi connectivity index (χ0n) is 18.6. The quantitative estimate of drug-likeness (QED) is 0.220. The summed E-state index contributed by atoms with van der Waals surface area (Å²) in [4.78, 5) is 25.6. The summed E-state index contributed by atoms with van der Waals surface area (Å²) >= 11 is 32.1. The van der Waals surface area contributed by atoms with Crippen molar-refractivity contribution in [3.05, 3.63) is 62.6 Å². The van der Waals surface area contributed by atoms with Crippen molar-refractivity contribution in [3.63, 3.8) is 0 Å². The van der Waals surface area contributed by atoms with Crippen LogP contribution in [0, 0.1) is 5.92 Å². The number of carbonyl (C=O) groups is 2. The summed E-state index contributed by atoms with van der Waals surface area (Å²) in [6, 6.07) is 8.79. The molecule has 0 bridgehead atoms. The van der Waals surface area contributed by atoms with E-state index in [1.54, 1.807) is 25.1 Å². The van der Waals surface area contributed by atoms with Gasteiger partial charge in [0.1, 0.15) is 4.33 Å². The summed E-state index contributed by atoms with van der Waals surface area (Å²) in [6.07, 6.45) is -5.11. The number of rotatable bonds is 9. The molecule has 196 valence electrons. The number of halogens is 8. The fourth-order valence-corrected chi connectivity index (χ4v) is 6.16. The van der Waals surface area contributed by atoms with Crippen LogP contribution in [0.15, 0.2) is 36.4 Å². The molecular weight excluding hydrogens is 603 g/mol. The van der Waals surface area contributed by atoms with Gasteiger partial charge in [-0.3, -0.25) is 9.59 Å². The van der Waals surface area contributed by atoms with Crippen molar-refractivity contribution in [2.75, 3.05) is 16.8 Å². The van der Waals surface area contributed by atoms with Crippen LogP contribution in [0.1, 0.15) is 35.2 Å². The number of benzene rings is 2. The third kappa shape index (κ3) is 7.74. The molecule has 36 heavy (non-hydrogen) atoms. The number of anilines is 1. The minimum Gasteiger partial charge on any atom is -0.349 e. The molecule has 2 aromatic carbocycles. The normalized spacial score (nSPS) is 19.5. The monoisotopic (exact) mass is 620 g/mol. The van der Waals surface area contributed by atoms with Crippen LogP contribution in [0.5, 0.6) is 0 Å². The second-order valence-corrected chi connectivity index (χ2v) is 12.2. The molecule has 4 nitrogen and oxygen atoms in total. The molecule has 1 aliphatic rings. The lowest BCUT2D eigenvalue weighted by Gasteiger charge is -2.15. The molecule has 0 radical (unpaired) electrons. The molecular formula is C23H20Cl5F3N2O2S. The van der Waals surface area contributed by atoms with Gasteiger partial charge >= 0.3 is 6.18 Å². The average Bonchev–Trinajstić information content (AvgIpc) is 3.33. The summed E-state index contributed by atoms with van der Waals surface area (Å²) in [5.41, 5.74) is 1.01. The Hall–Kier alpha value is -1.03. The van der Waals surface area contributed by atoms with E-state index in [-0.39, 0.29) is 16.3 Å². The van der Waals surface area contributed by atoms with Crippen LogP contribution in [0.3, 0.4) is 0 Å². The molecule has 0 heterocycles. The van der Waals surface area contributed by atoms with Gasteiger partial charge in [-0.15, -0.1) is 23.2 Å². The number of carbonyl (C=O) groups excluding carboxylic acids is 2. The molecule has 2 N–H and O–H groups in total. The topological polar surface area (TPSA) is 58.2 Å². The number of alkyl halides is 5. The number of thioether (sulfide) groups is 1. The van der Waals surface area contributed by atoms with Crippen LogP contribution in [0.25, 0.3) is 0 Å². The van der Waals surface area contributed by atoms with Crippen molar-refractivity contribution in [1.82, 2.24) is 5.32 Å². The van der Waals surface area contributed by atoms with Crippen LogP contribution < -0.4 is 10.6 Å². The lowest BCUT2D eigenvalue weighted by Crippen LogP contribution is -2.34. The second-order valence-electron chi connectivity index (χ2n) is 8.33. The SMILES string of the molecule is CC(CSCCC(F)(F)F)NC(=O)c1cc(NC(=O)C2C(c3cc(Cl)cc(Cl)c3)C2(Cl)Cl)ccc1Cl. The first-order valence-corrected chi connectivity index (χ1v) is 13.6. The van der Waals surface area contributed by atoms with Crippen molar-refractivity contribution in [2.24, 2.45) is 5.92 Å². The highest BCUT2D eigenvalue weighted by Gasteiger charge is 2.67. The van der Waals surface area contributed by atoms with E-state index in [1.165, 1.54) is 18.2 Å². The van der Waals surface area contributed by atoms with Crippen LogP contribution in [-0.4, -0.2) is 39.9 Å². The van der Waals surface area contributed by atoms with Gasteiger partial charge in [0.15, 0.2) is 0 Å². The molecule has 0 saturated heterocycles. The van der Waals surface area contributed by atoms with Crippen molar-refractivity contribution in [1.29, 1.82) is 0 Å². The van der Waals surface area contributed by atoms with Gasteiger partial charge < -0.3 is 10.6 Å². The minimum atomic E-state index is -4.22. The van der Waals surface area contributed by atoms with Gasteiger partial charge in [0, 0.05) is 39.2 Å². The molecule has 13 heteroatoms. The lowest BCUT2D eigenvalue weighted by molar-refractivity contribution is -0.129. The molecule has 0 spiro atoms. The van der Waals surface area contributed by atoms with Crippen LogP contribution in [0.4, 0.5) is 18.9 Å². The molecule has 2 amide bonds. The van der Waals surface area contributed by atoms with Gasteiger partial charge in [0.25, 0.3) is 5.91 Å². The number of amides is 2. The predicted molar refractivity (Wildman–Crippen MR) is 142 cm³/mol. The summed E-state index contributed by atoms with van der Waals surface area (Å²) in [7, 11) is 0. The van der Waals surface area contributed by atoms with Gasteiger partial charge in [-0.25, -0.2) is 0 Å². The first kappa shape index (κ1) is 29.5. The lowest BCUT2D eigenvalue weighted by atomic mass is 10.1. The van der Waals surface area contributed by atoms with Gasteiger partial charge in [-0.05, 0) is 48.9 Å². The number of nitrogens with one attached hydrogen (secondary N) is 2. The van der Waals surface area contributed by atoms with E-state index in [0.717, 1.165) is 11.8 Å². The second kappa shape index (κ2) is 11.8. The Balaban J connectivity index is 1.62. The molecule has 1 saturated carbocycles. The minimum absolute atomic E-state index is 0.0959. The van der Waals surface area contributed by atoms with E-state index in [2.05, 4.69) is 10.6 Å². The summed E-state index contributed by atoms with van der Waals surface area (Å²) in [5, 5.41) is 6.30. The van der Waals surface area contributed by atoms with E-state index < -0.39 is 46.6 Å². The highest BCUT2D eigenvalue weighted by Crippen LogP contribution is 2.65. The molecule has 0 aromatic heterocycles. The zero-order valence-corrected chi connectivity index (χ0v) is 23.2. The molecule has 1 aliphatic carbocycles. The fraction of sp³-hybridized carbons (Fsp3) is 0.391. The molecule has 3 rings (SSSR count). The molecule has 2 aromatic rings. The Morgan fingerprint density at radius 1 is 1.08 bits per heavy atom. The summed E-state index contributed by atoms with van der Waals surface area (Å²) in [5.74, 6) is -2.14. The number of hydrogen-bond donors (Lipinski definition) is 2. The largest absolute Gasteiger partial charge is 0.389 e.